The first-order chi connectivity index (χ1) is 18.2. The summed E-state index contributed by atoms with van der Waals surface area (Å²) < 4.78 is 64.2. The lowest BCUT2D eigenvalue weighted by atomic mass is 9.96. The third kappa shape index (κ3) is 6.92. The number of carbonyl (C=O) groups is 1. The van der Waals surface area contributed by atoms with Gasteiger partial charge < -0.3 is 29.9 Å². The van der Waals surface area contributed by atoms with Gasteiger partial charge in [-0.2, -0.15) is 10.1 Å². The smallest absolute Gasteiger partial charge is 0.459 e. The summed E-state index contributed by atoms with van der Waals surface area (Å²) in [5.41, 5.74) is 1.33. The molecule has 5 N–H and O–H groups in total. The Balaban J connectivity index is 1.92. The number of carbonyl (C=O) groups excluding carboxylic acids is 1. The highest BCUT2D eigenvalue weighted by Crippen LogP contribution is 2.49. The number of esters is 1. The average molecular weight is 597 g/mol. The van der Waals surface area contributed by atoms with E-state index in [9.17, 15) is 33.1 Å². The third-order valence-corrected chi connectivity index (χ3v) is 7.44. The molecule has 1 fully saturated rings. The van der Waals surface area contributed by atoms with Gasteiger partial charge in [0.15, 0.2) is 11.8 Å². The molecule has 0 aliphatic carbocycles. The van der Waals surface area contributed by atoms with Crippen LogP contribution in [0.1, 0.15) is 27.0 Å². The predicted octanol–water partition coefficient (Wildman–Crippen LogP) is 1.87. The molecule has 0 spiro atoms. The number of ether oxygens (including phenoxy) is 2. The number of hydrogen-bond acceptors (Lipinski definition) is 11. The van der Waals surface area contributed by atoms with Crippen LogP contribution in [0, 0.1) is 0 Å². The fourth-order valence-corrected chi connectivity index (χ4v) is 5.23. The number of nitrogens with two attached hydrogens (primary N) is 1. The van der Waals surface area contributed by atoms with Crippen molar-refractivity contribution in [2.75, 3.05) is 12.3 Å². The van der Waals surface area contributed by atoms with Crippen molar-refractivity contribution in [3.05, 3.63) is 52.0 Å². The normalized spacial score (nSPS) is 25.4. The van der Waals surface area contributed by atoms with E-state index in [4.69, 9.17) is 35.9 Å². The molecule has 2 heterocycles. The molecule has 0 radical (unpaired) electrons. The average Bonchev–Trinajstić information content (AvgIpc) is 3.11. The van der Waals surface area contributed by atoms with Crippen LogP contribution < -0.4 is 21.0 Å². The molecule has 2 aromatic rings. The summed E-state index contributed by atoms with van der Waals surface area (Å²) >= 11 is 5.87. The predicted molar refractivity (Wildman–Crippen MR) is 133 cm³/mol. The van der Waals surface area contributed by atoms with Gasteiger partial charge in [-0.05, 0) is 32.9 Å². The maximum Gasteiger partial charge on any atom is 0.459 e. The van der Waals surface area contributed by atoms with E-state index in [0.29, 0.717) is 4.57 Å². The Morgan fingerprint density at radius 1 is 1.31 bits per heavy atom. The molecule has 39 heavy (non-hydrogen) atoms. The number of nitrogen functional groups attached to an aromatic ring is 1. The van der Waals surface area contributed by atoms with Crippen molar-refractivity contribution in [1.82, 2.24) is 14.6 Å². The number of alkyl halides is 2. The molecule has 1 aromatic heterocycles. The summed E-state index contributed by atoms with van der Waals surface area (Å²) in [5, 5.41) is 23.2. The highest BCUT2D eigenvalue weighted by molar-refractivity contribution is 7.52. The number of anilines is 1. The second-order valence-electron chi connectivity index (χ2n) is 8.88. The molecule has 6 atom stereocenters. The number of halogens is 3. The van der Waals surface area contributed by atoms with Crippen LogP contribution in [0.2, 0.25) is 5.02 Å². The van der Waals surface area contributed by atoms with Crippen molar-refractivity contribution in [2.24, 2.45) is 0 Å². The highest BCUT2D eigenvalue weighted by Gasteiger charge is 2.61. The van der Waals surface area contributed by atoms with E-state index in [1.54, 1.807) is 19.9 Å². The topological polar surface area (TPSA) is 184 Å². The van der Waals surface area contributed by atoms with Gasteiger partial charge in [0.1, 0.15) is 29.8 Å². The zero-order valence-electron chi connectivity index (χ0n) is 20.9. The summed E-state index contributed by atoms with van der Waals surface area (Å²) in [6, 6.07) is 6.19. The van der Waals surface area contributed by atoms with Crippen LogP contribution in [-0.4, -0.2) is 68.7 Å². The van der Waals surface area contributed by atoms with Crippen molar-refractivity contribution >= 4 is 31.1 Å². The van der Waals surface area contributed by atoms with E-state index in [0.717, 1.165) is 6.20 Å². The van der Waals surface area contributed by atoms with Gasteiger partial charge in [-0.25, -0.2) is 18.1 Å². The van der Waals surface area contributed by atoms with E-state index in [2.05, 4.69) is 10.1 Å². The van der Waals surface area contributed by atoms with Crippen LogP contribution in [-0.2, 0) is 23.4 Å². The molecule has 17 heteroatoms. The Kier molecular flexibility index (Phi) is 9.70. The van der Waals surface area contributed by atoms with Gasteiger partial charge in [0, 0.05) is 6.20 Å². The second kappa shape index (κ2) is 12.3. The highest BCUT2D eigenvalue weighted by atomic mass is 35.5. The Hall–Kier alpha value is -2.65. The largest absolute Gasteiger partial charge is 0.462 e. The Morgan fingerprint density at radius 2 is 1.95 bits per heavy atom. The first-order valence-corrected chi connectivity index (χ1v) is 13.4. The van der Waals surface area contributed by atoms with Gasteiger partial charge in [0.25, 0.3) is 6.43 Å². The van der Waals surface area contributed by atoms with Gasteiger partial charge in [-0.1, -0.05) is 29.8 Å². The van der Waals surface area contributed by atoms with Crippen LogP contribution >= 0.6 is 19.3 Å². The van der Waals surface area contributed by atoms with Crippen molar-refractivity contribution in [3.63, 3.8) is 0 Å². The summed E-state index contributed by atoms with van der Waals surface area (Å²) in [5.74, 6) is -1.21. The van der Waals surface area contributed by atoms with E-state index in [1.165, 1.54) is 31.2 Å². The number of nitrogens with one attached hydrogen (secondary N) is 1. The minimum Gasteiger partial charge on any atom is -0.462 e. The Labute approximate surface area is 226 Å². The number of para-hydroxylation sites is 1. The van der Waals surface area contributed by atoms with Gasteiger partial charge in [0.05, 0.1) is 17.7 Å². The summed E-state index contributed by atoms with van der Waals surface area (Å²) in [7, 11) is -4.67. The Morgan fingerprint density at radius 3 is 2.54 bits per heavy atom. The molecular weight excluding hydrogens is 569 g/mol. The number of rotatable bonds is 11. The summed E-state index contributed by atoms with van der Waals surface area (Å²) in [6.45, 7) is 3.13. The molecule has 216 valence electrons. The Bertz CT molecular complexity index is 1270. The molecule has 1 saturated heterocycles. The van der Waals surface area contributed by atoms with Crippen LogP contribution in [0.25, 0.3) is 0 Å². The first-order valence-electron chi connectivity index (χ1n) is 11.5. The summed E-state index contributed by atoms with van der Waals surface area (Å²) in [6.07, 6.45) is -9.54. The second-order valence-corrected chi connectivity index (χ2v) is 11.0. The van der Waals surface area contributed by atoms with E-state index in [-0.39, 0.29) is 16.6 Å². The minimum absolute atomic E-state index is 0.0104. The van der Waals surface area contributed by atoms with Gasteiger partial charge in [0.2, 0.25) is 0 Å². The fraction of sp³-hybridized carbons (Fsp3) is 0.500. The fourth-order valence-electron chi connectivity index (χ4n) is 3.55. The number of aliphatic hydroxyl groups excluding tert-OH is 2. The lowest BCUT2D eigenvalue weighted by Gasteiger charge is -2.32. The molecule has 0 bridgehead atoms. The van der Waals surface area contributed by atoms with Gasteiger partial charge >= 0.3 is 19.4 Å². The molecule has 0 unspecified atom stereocenters. The van der Waals surface area contributed by atoms with Crippen LogP contribution in [0.4, 0.5) is 14.6 Å². The van der Waals surface area contributed by atoms with E-state index in [1.807, 2.05) is 0 Å². The molecule has 3 rings (SSSR count). The summed E-state index contributed by atoms with van der Waals surface area (Å²) in [4.78, 5) is 28.0. The standard InChI is InChI=1S/C22H28ClF2N4O9P/c1-11(2)36-19(32)12(3)28-39(34,38-13-7-5-4-6-8-13)35-10-22(20(24)25)16(31)15(30)18(37-22)29-9-14(23)17(26)27-21(29)33/h4-9,11-12,15-16,18,20,30-31H,10H2,1-3H3,(H,28,34)(H2,26,27,33)/t12-,15+,16-,18+,22+,39-/m0/s1. The number of aliphatic hydroxyl groups is 2. The number of aromatic nitrogens is 2. The van der Waals surface area contributed by atoms with Crippen molar-refractivity contribution < 1.29 is 46.9 Å². The first kappa shape index (κ1) is 30.9. The van der Waals surface area contributed by atoms with Gasteiger partial charge in [-0.15, -0.1) is 0 Å². The van der Waals surface area contributed by atoms with Crippen molar-refractivity contribution in [3.8, 4) is 5.75 Å². The molecular formula is C22H28ClF2N4O9P. The number of nitrogens with zero attached hydrogens (tertiary/aromatic N) is 2. The quantitative estimate of drug-likeness (QED) is 0.218. The number of benzene rings is 1. The zero-order valence-corrected chi connectivity index (χ0v) is 22.6. The number of hydrogen-bond donors (Lipinski definition) is 4. The molecule has 0 saturated carbocycles. The lowest BCUT2D eigenvalue weighted by molar-refractivity contribution is -0.192. The third-order valence-electron chi connectivity index (χ3n) is 5.52. The van der Waals surface area contributed by atoms with Crippen molar-refractivity contribution in [1.29, 1.82) is 0 Å². The minimum atomic E-state index is -4.67. The molecule has 1 aliphatic heterocycles. The molecule has 1 aromatic carbocycles. The van der Waals surface area contributed by atoms with E-state index >= 15 is 0 Å². The molecule has 1 aliphatic rings. The monoisotopic (exact) mass is 596 g/mol. The van der Waals surface area contributed by atoms with Crippen LogP contribution in [0.3, 0.4) is 0 Å². The SMILES string of the molecule is CC(C)OC(=O)[C@H](C)N[P@](=O)(OC[C@@]1(C(F)F)O[C@@H](n2cc(Cl)c(N)nc2=O)[C@H](O)[C@@H]1O)Oc1ccccc1. The van der Waals surface area contributed by atoms with Crippen LogP contribution in [0.5, 0.6) is 5.75 Å². The van der Waals surface area contributed by atoms with E-state index < -0.39 is 68.6 Å². The zero-order chi connectivity index (χ0) is 29.1. The lowest BCUT2D eigenvalue weighted by Crippen LogP contribution is -2.53. The maximum atomic E-state index is 14.4. The molecule has 0 amide bonds. The van der Waals surface area contributed by atoms with Crippen LogP contribution in [0.15, 0.2) is 41.3 Å². The molecule has 13 nitrogen and oxygen atoms in total. The van der Waals surface area contributed by atoms with Gasteiger partial charge in [-0.3, -0.25) is 13.9 Å². The maximum absolute atomic E-state index is 14.4. The van der Waals surface area contributed by atoms with Crippen molar-refractivity contribution in [2.45, 2.75) is 63.4 Å².